The quantitative estimate of drug-likeness (QED) is 0.450. The molecule has 0 unspecified atom stereocenters. The van der Waals surface area contributed by atoms with Crippen LogP contribution in [0.15, 0.2) is 63.2 Å². The van der Waals surface area contributed by atoms with E-state index in [1.54, 1.807) is 22.8 Å². The van der Waals surface area contributed by atoms with Crippen LogP contribution in [0.25, 0.3) is 10.9 Å². The van der Waals surface area contributed by atoms with Crippen LogP contribution in [0.4, 0.5) is 5.69 Å². The molecular weight excluding hydrogens is 398 g/mol. The Bertz CT molecular complexity index is 966. The number of halogens is 1. The summed E-state index contributed by atoms with van der Waals surface area (Å²) in [4.78, 5) is 12.2. The number of nitrogens with zero attached hydrogens (tertiary/aromatic N) is 3. The van der Waals surface area contributed by atoms with E-state index in [2.05, 4.69) is 26.2 Å². The predicted molar refractivity (Wildman–Crippen MR) is 103 cm³/mol. The molecule has 26 heavy (non-hydrogen) atoms. The minimum atomic E-state index is -0.475. The molecule has 3 rings (SSSR count). The van der Waals surface area contributed by atoms with Crippen LogP contribution >= 0.6 is 15.9 Å². The lowest BCUT2D eigenvalue weighted by Gasteiger charge is -2.06. The number of carbonyl (C=O) groups excluding carboxylic acids is 1. The van der Waals surface area contributed by atoms with Crippen LogP contribution < -0.4 is 0 Å². The van der Waals surface area contributed by atoms with Crippen molar-refractivity contribution in [1.82, 2.24) is 4.57 Å². The third kappa shape index (κ3) is 3.84. The fraction of sp³-hybridized carbons (Fsp3) is 0.211. The molecule has 0 bridgehead atoms. The predicted octanol–water partition coefficient (Wildman–Crippen LogP) is 5.07. The van der Waals surface area contributed by atoms with Crippen molar-refractivity contribution in [1.29, 1.82) is 0 Å². The van der Waals surface area contributed by atoms with Gasteiger partial charge in [-0.1, -0.05) is 40.2 Å². The van der Waals surface area contributed by atoms with Crippen LogP contribution in [-0.4, -0.2) is 28.8 Å². The van der Waals surface area contributed by atoms with E-state index in [9.17, 15) is 9.90 Å². The van der Waals surface area contributed by atoms with Crippen LogP contribution in [0, 0.1) is 0 Å². The summed E-state index contributed by atoms with van der Waals surface area (Å²) in [6, 6.07) is 14.4. The number of carbonyl (C=O) groups is 1. The number of amides is 1. The van der Waals surface area contributed by atoms with Gasteiger partial charge in [-0.25, -0.2) is 0 Å². The highest BCUT2D eigenvalue weighted by atomic mass is 79.9. The van der Waals surface area contributed by atoms with Crippen molar-refractivity contribution < 1.29 is 14.6 Å². The Morgan fingerprint density at radius 3 is 2.81 bits per heavy atom. The van der Waals surface area contributed by atoms with E-state index in [1.807, 2.05) is 37.3 Å². The van der Waals surface area contributed by atoms with E-state index in [0.29, 0.717) is 25.3 Å². The van der Waals surface area contributed by atoms with Crippen molar-refractivity contribution >= 4 is 38.4 Å². The fourth-order valence-corrected chi connectivity index (χ4v) is 3.07. The molecule has 0 aliphatic heterocycles. The molecule has 0 spiro atoms. The second kappa shape index (κ2) is 8.25. The van der Waals surface area contributed by atoms with Gasteiger partial charge in [-0.15, -0.1) is 10.2 Å². The van der Waals surface area contributed by atoms with Crippen LogP contribution in [0.3, 0.4) is 0 Å². The van der Waals surface area contributed by atoms with Crippen molar-refractivity contribution in [3.05, 3.63) is 58.6 Å². The van der Waals surface area contributed by atoms with E-state index >= 15 is 0 Å². The molecule has 0 fully saturated rings. The van der Waals surface area contributed by atoms with Gasteiger partial charge < -0.3 is 14.4 Å². The lowest BCUT2D eigenvalue weighted by Crippen LogP contribution is -2.05. The third-order valence-electron chi connectivity index (χ3n) is 3.89. The van der Waals surface area contributed by atoms with Gasteiger partial charge >= 0.3 is 0 Å². The minimum Gasteiger partial charge on any atom is -0.493 e. The highest BCUT2D eigenvalue weighted by Crippen LogP contribution is 2.38. The zero-order valence-electron chi connectivity index (χ0n) is 14.2. The number of rotatable bonds is 6. The summed E-state index contributed by atoms with van der Waals surface area (Å²) in [5.74, 6) is -0.506. The van der Waals surface area contributed by atoms with Crippen molar-refractivity contribution in [2.24, 2.45) is 10.2 Å². The Morgan fingerprint density at radius 1 is 1.23 bits per heavy atom. The van der Waals surface area contributed by atoms with Crippen molar-refractivity contribution in [2.45, 2.75) is 13.5 Å². The Kier molecular flexibility index (Phi) is 5.80. The standard InChI is InChI=1S/C19H18BrN3O3/c1-2-26-11-10-23-16-9-4-3-8-15(16)17(19(23)25)21-22-18(24)13-6-5-7-14(20)12-13/h3-9,12,25H,2,10-11H2,1H3. The highest BCUT2D eigenvalue weighted by molar-refractivity contribution is 9.10. The maximum Gasteiger partial charge on any atom is 0.295 e. The van der Waals surface area contributed by atoms with Gasteiger partial charge in [-0.2, -0.15) is 0 Å². The summed E-state index contributed by atoms with van der Waals surface area (Å²) in [5, 5.41) is 19.1. The summed E-state index contributed by atoms with van der Waals surface area (Å²) in [6.45, 7) is 3.47. The first-order valence-electron chi connectivity index (χ1n) is 8.21. The average molecular weight is 416 g/mol. The molecule has 0 saturated heterocycles. The largest absolute Gasteiger partial charge is 0.493 e. The van der Waals surface area contributed by atoms with Gasteiger partial charge in [0, 0.05) is 28.6 Å². The SMILES string of the molecule is CCOCCn1c(O)c(N=NC(=O)c2cccc(Br)c2)c2ccccc21. The van der Waals surface area contributed by atoms with Gasteiger partial charge in [-0.3, -0.25) is 4.79 Å². The number of para-hydroxylation sites is 1. The number of azo groups is 1. The van der Waals surface area contributed by atoms with Crippen LogP contribution in [0.5, 0.6) is 5.88 Å². The first-order valence-corrected chi connectivity index (χ1v) is 9.00. The molecule has 2 aromatic carbocycles. The smallest absolute Gasteiger partial charge is 0.295 e. The molecule has 1 aromatic heterocycles. The topological polar surface area (TPSA) is 76.2 Å². The molecule has 134 valence electrons. The Hall–Kier alpha value is -2.51. The first kappa shape index (κ1) is 18.3. The molecule has 0 radical (unpaired) electrons. The number of hydrogen-bond donors (Lipinski definition) is 1. The molecular formula is C19H18BrN3O3. The summed E-state index contributed by atoms with van der Waals surface area (Å²) in [7, 11) is 0. The molecule has 0 atom stereocenters. The maximum atomic E-state index is 12.2. The molecule has 0 aliphatic carbocycles. The summed E-state index contributed by atoms with van der Waals surface area (Å²) in [5.41, 5.74) is 1.51. The summed E-state index contributed by atoms with van der Waals surface area (Å²) < 4.78 is 7.87. The van der Waals surface area contributed by atoms with Crippen molar-refractivity contribution in [2.75, 3.05) is 13.2 Å². The zero-order chi connectivity index (χ0) is 18.5. The number of fused-ring (bicyclic) bond motifs is 1. The van der Waals surface area contributed by atoms with E-state index in [-0.39, 0.29) is 11.6 Å². The van der Waals surface area contributed by atoms with Crippen molar-refractivity contribution in [3.63, 3.8) is 0 Å². The number of hydrogen-bond acceptors (Lipinski definition) is 4. The normalized spacial score (nSPS) is 11.5. The number of ether oxygens (including phenoxy) is 1. The lowest BCUT2D eigenvalue weighted by molar-refractivity contribution is 0.0995. The fourth-order valence-electron chi connectivity index (χ4n) is 2.67. The molecule has 1 N–H and O–H groups in total. The van der Waals surface area contributed by atoms with Gasteiger partial charge in [0.1, 0.15) is 0 Å². The van der Waals surface area contributed by atoms with Gasteiger partial charge in [0.2, 0.25) is 5.88 Å². The molecule has 3 aromatic rings. The van der Waals surface area contributed by atoms with Crippen LogP contribution in [0.2, 0.25) is 0 Å². The molecule has 0 saturated carbocycles. The first-order chi connectivity index (χ1) is 12.6. The highest BCUT2D eigenvalue weighted by Gasteiger charge is 2.16. The van der Waals surface area contributed by atoms with Crippen LogP contribution in [-0.2, 0) is 11.3 Å². The molecule has 7 heteroatoms. The number of benzene rings is 2. The second-order valence-corrected chi connectivity index (χ2v) is 6.47. The summed E-state index contributed by atoms with van der Waals surface area (Å²) >= 11 is 3.32. The van der Waals surface area contributed by atoms with E-state index < -0.39 is 5.91 Å². The molecule has 6 nitrogen and oxygen atoms in total. The maximum absolute atomic E-state index is 12.2. The monoisotopic (exact) mass is 415 g/mol. The minimum absolute atomic E-state index is 0.0308. The molecule has 1 heterocycles. The van der Waals surface area contributed by atoms with Gasteiger partial charge in [0.15, 0.2) is 5.69 Å². The van der Waals surface area contributed by atoms with Gasteiger partial charge in [-0.05, 0) is 31.2 Å². The Labute approximate surface area is 159 Å². The Balaban J connectivity index is 1.94. The Morgan fingerprint density at radius 2 is 2.04 bits per heavy atom. The average Bonchev–Trinajstić information content (AvgIpc) is 2.91. The molecule has 1 amide bonds. The second-order valence-electron chi connectivity index (χ2n) is 5.55. The third-order valence-corrected chi connectivity index (χ3v) is 4.39. The van der Waals surface area contributed by atoms with E-state index in [1.165, 1.54) is 0 Å². The van der Waals surface area contributed by atoms with Gasteiger partial charge in [0.05, 0.1) is 12.1 Å². The lowest BCUT2D eigenvalue weighted by atomic mass is 10.2. The van der Waals surface area contributed by atoms with E-state index in [4.69, 9.17) is 4.74 Å². The zero-order valence-corrected chi connectivity index (χ0v) is 15.8. The number of aromatic hydroxyl groups is 1. The van der Waals surface area contributed by atoms with E-state index in [0.717, 1.165) is 15.4 Å². The number of aromatic nitrogens is 1. The van der Waals surface area contributed by atoms with Crippen LogP contribution in [0.1, 0.15) is 17.3 Å². The van der Waals surface area contributed by atoms with Gasteiger partial charge in [0.25, 0.3) is 5.91 Å². The molecule has 0 aliphatic rings. The van der Waals surface area contributed by atoms with Crippen molar-refractivity contribution in [3.8, 4) is 5.88 Å². The summed E-state index contributed by atoms with van der Waals surface area (Å²) in [6.07, 6.45) is 0.